The van der Waals surface area contributed by atoms with Crippen molar-refractivity contribution in [1.82, 2.24) is 9.55 Å². The number of hydrogen-bond donors (Lipinski definition) is 0. The lowest BCUT2D eigenvalue weighted by Crippen LogP contribution is -2.05. The molecule has 9 heteroatoms. The van der Waals surface area contributed by atoms with Gasteiger partial charge in [-0.15, -0.1) is 0 Å². The van der Waals surface area contributed by atoms with Crippen LogP contribution in [0.25, 0.3) is 11.0 Å². The summed E-state index contributed by atoms with van der Waals surface area (Å²) in [6.45, 7) is 7.92. The number of hydrogen-bond acceptors (Lipinski definition) is 7. The van der Waals surface area contributed by atoms with Crippen LogP contribution in [0, 0.1) is 17.0 Å². The molecule has 0 unspecified atom stereocenters. The van der Waals surface area contributed by atoms with Crippen LogP contribution in [0.1, 0.15) is 41.8 Å². The number of fused-ring (bicyclic) bond motifs is 1. The smallest absolute Gasteiger partial charge is 0.338 e. The fraction of sp³-hybridized carbons (Fsp3) is 0.391. The monoisotopic (exact) mass is 457 g/mol. The Kier molecular flexibility index (Phi) is 8.24. The van der Waals surface area contributed by atoms with E-state index in [1.807, 2.05) is 26.0 Å². The van der Waals surface area contributed by atoms with Crippen LogP contribution >= 0.6 is 11.8 Å². The van der Waals surface area contributed by atoms with Crippen molar-refractivity contribution in [3.8, 4) is 0 Å². The van der Waals surface area contributed by atoms with E-state index < -0.39 is 0 Å². The van der Waals surface area contributed by atoms with E-state index in [-0.39, 0.29) is 16.6 Å². The van der Waals surface area contributed by atoms with Crippen LogP contribution in [0.3, 0.4) is 0 Å². The Hall–Kier alpha value is -2.91. The van der Waals surface area contributed by atoms with Gasteiger partial charge in [-0.25, -0.2) is 9.78 Å². The summed E-state index contributed by atoms with van der Waals surface area (Å²) in [5, 5.41) is 12.2. The van der Waals surface area contributed by atoms with Crippen molar-refractivity contribution in [3.05, 3.63) is 63.2 Å². The van der Waals surface area contributed by atoms with Crippen molar-refractivity contribution in [2.24, 2.45) is 0 Å². The minimum absolute atomic E-state index is 0.103. The molecule has 2 aromatic carbocycles. The number of thioether (sulfide) groups is 1. The molecule has 0 aliphatic carbocycles. The Balaban J connectivity index is 1.92. The lowest BCUT2D eigenvalue weighted by atomic mass is 10.1. The van der Waals surface area contributed by atoms with Gasteiger partial charge in [-0.1, -0.05) is 23.4 Å². The Morgan fingerprint density at radius 3 is 2.72 bits per heavy atom. The summed E-state index contributed by atoms with van der Waals surface area (Å²) in [4.78, 5) is 27.9. The van der Waals surface area contributed by atoms with Crippen LogP contribution in [-0.4, -0.2) is 40.3 Å². The van der Waals surface area contributed by atoms with E-state index in [1.54, 1.807) is 31.2 Å². The molecule has 0 saturated carbocycles. The van der Waals surface area contributed by atoms with E-state index in [0.29, 0.717) is 48.8 Å². The molecule has 0 bridgehead atoms. The lowest BCUT2D eigenvalue weighted by molar-refractivity contribution is -0.385. The third kappa shape index (κ3) is 5.66. The van der Waals surface area contributed by atoms with Gasteiger partial charge in [0.05, 0.1) is 28.1 Å². The first-order valence-corrected chi connectivity index (χ1v) is 11.5. The van der Waals surface area contributed by atoms with Gasteiger partial charge in [-0.3, -0.25) is 10.1 Å². The maximum absolute atomic E-state index is 12.1. The largest absolute Gasteiger partial charge is 0.462 e. The predicted molar refractivity (Wildman–Crippen MR) is 124 cm³/mol. The Morgan fingerprint density at radius 2 is 2.00 bits per heavy atom. The molecule has 3 aromatic rings. The van der Waals surface area contributed by atoms with E-state index in [1.165, 1.54) is 11.8 Å². The topological polar surface area (TPSA) is 96.5 Å². The molecule has 3 rings (SSSR count). The van der Waals surface area contributed by atoms with Gasteiger partial charge in [0.1, 0.15) is 0 Å². The Labute approximate surface area is 191 Å². The second-order valence-corrected chi connectivity index (χ2v) is 8.14. The molecular formula is C23H27N3O5S. The molecule has 0 amide bonds. The molecule has 0 aliphatic heterocycles. The zero-order chi connectivity index (χ0) is 23.1. The van der Waals surface area contributed by atoms with Gasteiger partial charge in [0.25, 0.3) is 5.69 Å². The van der Waals surface area contributed by atoms with Gasteiger partial charge in [-0.2, -0.15) is 0 Å². The standard InChI is InChI=1S/C23H27N3O5S/c1-4-30-12-6-11-25-21-10-8-17(22(27)31-5-2)14-19(21)24-23(25)32-15-18-13-16(3)7-9-20(18)26(28)29/h7-10,13-14H,4-6,11-12,15H2,1-3H3. The van der Waals surface area contributed by atoms with Crippen molar-refractivity contribution in [1.29, 1.82) is 0 Å². The normalized spacial score (nSPS) is 11.1. The molecule has 1 heterocycles. The molecule has 0 saturated heterocycles. The summed E-state index contributed by atoms with van der Waals surface area (Å²) >= 11 is 1.44. The van der Waals surface area contributed by atoms with Gasteiger partial charge >= 0.3 is 5.97 Å². The SMILES string of the molecule is CCOCCCn1c(SCc2cc(C)ccc2[N+](=O)[O-])nc2cc(C(=O)OCC)ccc21. The summed E-state index contributed by atoms with van der Waals surface area (Å²) in [7, 11) is 0. The van der Waals surface area contributed by atoms with Crippen LogP contribution in [0.2, 0.25) is 0 Å². The van der Waals surface area contributed by atoms with Crippen LogP contribution in [0.5, 0.6) is 0 Å². The molecule has 0 aliphatic rings. The minimum Gasteiger partial charge on any atom is -0.462 e. The Morgan fingerprint density at radius 1 is 1.19 bits per heavy atom. The number of benzene rings is 2. The first-order valence-electron chi connectivity index (χ1n) is 10.6. The maximum Gasteiger partial charge on any atom is 0.338 e. The molecule has 170 valence electrons. The molecular weight excluding hydrogens is 430 g/mol. The lowest BCUT2D eigenvalue weighted by Gasteiger charge is -2.10. The molecule has 0 atom stereocenters. The summed E-state index contributed by atoms with van der Waals surface area (Å²) in [6.07, 6.45) is 0.803. The van der Waals surface area contributed by atoms with E-state index >= 15 is 0 Å². The van der Waals surface area contributed by atoms with E-state index in [9.17, 15) is 14.9 Å². The highest BCUT2D eigenvalue weighted by Gasteiger charge is 2.18. The van der Waals surface area contributed by atoms with Crippen molar-refractivity contribution in [3.63, 3.8) is 0 Å². The van der Waals surface area contributed by atoms with Gasteiger partial charge < -0.3 is 14.0 Å². The first kappa shape index (κ1) is 23.7. The molecule has 1 aromatic heterocycles. The van der Waals surface area contributed by atoms with Crippen molar-refractivity contribution < 1.29 is 19.2 Å². The van der Waals surface area contributed by atoms with Crippen molar-refractivity contribution in [2.75, 3.05) is 19.8 Å². The zero-order valence-corrected chi connectivity index (χ0v) is 19.3. The molecule has 0 fully saturated rings. The fourth-order valence-corrected chi connectivity index (χ4v) is 4.42. The average Bonchev–Trinajstić information content (AvgIpc) is 3.12. The number of nitro benzene ring substituents is 1. The average molecular weight is 458 g/mol. The van der Waals surface area contributed by atoms with Gasteiger partial charge in [0.2, 0.25) is 0 Å². The number of aromatic nitrogens is 2. The maximum atomic E-state index is 12.1. The Bertz CT molecular complexity index is 1110. The quantitative estimate of drug-likeness (QED) is 0.129. The number of nitrogens with zero attached hydrogens (tertiary/aromatic N) is 3. The van der Waals surface area contributed by atoms with E-state index in [0.717, 1.165) is 22.7 Å². The molecule has 0 spiro atoms. The van der Waals surface area contributed by atoms with Crippen LogP contribution in [-0.2, 0) is 21.8 Å². The number of carbonyl (C=O) groups excluding carboxylic acids is 1. The van der Waals surface area contributed by atoms with E-state index in [4.69, 9.17) is 14.5 Å². The number of esters is 1. The summed E-state index contributed by atoms with van der Waals surface area (Å²) in [5.41, 5.74) is 3.76. The molecule has 0 N–H and O–H groups in total. The molecule has 32 heavy (non-hydrogen) atoms. The van der Waals surface area contributed by atoms with Gasteiger partial charge in [-0.05, 0) is 51.5 Å². The predicted octanol–water partition coefficient (Wildman–Crippen LogP) is 5.15. The fourth-order valence-electron chi connectivity index (χ4n) is 3.39. The number of carbonyl (C=O) groups is 1. The third-order valence-electron chi connectivity index (χ3n) is 4.89. The van der Waals surface area contributed by atoms with E-state index in [2.05, 4.69) is 4.57 Å². The summed E-state index contributed by atoms with van der Waals surface area (Å²) in [5.74, 6) is 0.0298. The van der Waals surface area contributed by atoms with Crippen LogP contribution < -0.4 is 0 Å². The van der Waals surface area contributed by atoms with Crippen molar-refractivity contribution in [2.45, 2.75) is 44.6 Å². The van der Waals surface area contributed by atoms with Crippen LogP contribution in [0.4, 0.5) is 5.69 Å². The van der Waals surface area contributed by atoms with Crippen molar-refractivity contribution >= 4 is 34.5 Å². The second kappa shape index (κ2) is 11.1. The summed E-state index contributed by atoms with van der Waals surface area (Å²) in [6, 6.07) is 10.5. The number of rotatable bonds is 11. The third-order valence-corrected chi connectivity index (χ3v) is 5.91. The van der Waals surface area contributed by atoms with Crippen LogP contribution in [0.15, 0.2) is 41.6 Å². The molecule has 0 radical (unpaired) electrons. The zero-order valence-electron chi connectivity index (χ0n) is 18.5. The first-order chi connectivity index (χ1) is 15.4. The number of nitro groups is 1. The minimum atomic E-state index is -0.384. The van der Waals surface area contributed by atoms with Gasteiger partial charge in [0.15, 0.2) is 5.16 Å². The highest BCUT2D eigenvalue weighted by molar-refractivity contribution is 7.98. The van der Waals surface area contributed by atoms with Gasteiger partial charge in [0, 0.05) is 37.1 Å². The number of imidazole rings is 1. The highest BCUT2D eigenvalue weighted by Crippen LogP contribution is 2.31. The number of aryl methyl sites for hydroxylation is 2. The summed E-state index contributed by atoms with van der Waals surface area (Å²) < 4.78 is 12.6. The molecule has 8 nitrogen and oxygen atoms in total. The second-order valence-electron chi connectivity index (χ2n) is 7.20. The highest BCUT2D eigenvalue weighted by atomic mass is 32.2. The number of ether oxygens (including phenoxy) is 2.